The number of carbonyl (C=O) groups is 1. The lowest BCUT2D eigenvalue weighted by Gasteiger charge is -2.31. The van der Waals surface area contributed by atoms with Crippen molar-refractivity contribution < 1.29 is 4.79 Å². The van der Waals surface area contributed by atoms with Crippen LogP contribution in [-0.4, -0.2) is 29.9 Å². The summed E-state index contributed by atoms with van der Waals surface area (Å²) in [5.74, 6) is 0.0961. The van der Waals surface area contributed by atoms with Gasteiger partial charge in [0, 0.05) is 19.1 Å². The van der Waals surface area contributed by atoms with Crippen LogP contribution in [0.4, 0.5) is 0 Å². The molecule has 0 aromatic carbocycles. The van der Waals surface area contributed by atoms with E-state index < -0.39 is 0 Å². The molecule has 2 saturated heterocycles. The zero-order chi connectivity index (χ0) is 7.84. The van der Waals surface area contributed by atoms with E-state index in [0.717, 1.165) is 25.9 Å². The maximum absolute atomic E-state index is 11.4. The zero-order valence-corrected chi connectivity index (χ0v) is 6.47. The Hall–Kier alpha value is -0.990. The van der Waals surface area contributed by atoms with Gasteiger partial charge in [0.1, 0.15) is 0 Å². The summed E-state index contributed by atoms with van der Waals surface area (Å²) in [6.07, 6.45) is 2.29. The van der Waals surface area contributed by atoms with E-state index in [4.69, 9.17) is 0 Å². The molecule has 0 aromatic rings. The third-order valence-electron chi connectivity index (χ3n) is 2.45. The fraction of sp³-hybridized carbons (Fsp3) is 0.625. The molecule has 0 bridgehead atoms. The lowest BCUT2D eigenvalue weighted by molar-refractivity contribution is -0.129. The van der Waals surface area contributed by atoms with E-state index in [9.17, 15) is 4.79 Å². The van der Waals surface area contributed by atoms with Crippen LogP contribution in [-0.2, 0) is 4.79 Å². The number of hydrogen-bond acceptors (Lipinski definition) is 2. The van der Waals surface area contributed by atoms with Crippen LogP contribution >= 0.6 is 0 Å². The van der Waals surface area contributed by atoms with E-state index in [-0.39, 0.29) is 5.91 Å². The number of nitrogens with one attached hydrogen (secondary N) is 1. The number of carbonyl (C=O) groups excluding carboxylic acids is 1. The number of piperazine rings is 1. The average Bonchev–Trinajstić information content (AvgIpc) is 2.45. The van der Waals surface area contributed by atoms with Crippen LogP contribution in [0.1, 0.15) is 12.8 Å². The Morgan fingerprint density at radius 3 is 3.27 bits per heavy atom. The highest BCUT2D eigenvalue weighted by Gasteiger charge is 2.33. The van der Waals surface area contributed by atoms with Gasteiger partial charge in [-0.25, -0.2) is 0 Å². The summed E-state index contributed by atoms with van der Waals surface area (Å²) in [5.41, 5.74) is 0.558. The highest BCUT2D eigenvalue weighted by atomic mass is 16.2. The smallest absolute Gasteiger partial charge is 0.269 e. The maximum atomic E-state index is 11.4. The van der Waals surface area contributed by atoms with E-state index in [1.54, 1.807) is 0 Å². The molecule has 1 N–H and O–H groups in total. The quantitative estimate of drug-likeness (QED) is 0.499. The molecule has 0 aliphatic carbocycles. The van der Waals surface area contributed by atoms with Gasteiger partial charge < -0.3 is 10.2 Å². The summed E-state index contributed by atoms with van der Waals surface area (Å²) in [4.78, 5) is 13.3. The standard InChI is InChI=1S/C8H12N2O/c1-6-8(11)10-4-2-3-7(10)5-9-6/h7,9H,1-5H2/t7-/m1/s1. The minimum Gasteiger partial charge on any atom is -0.379 e. The SMILES string of the molecule is C=C1NC[C@H]2CCCN2C1=O. The Labute approximate surface area is 66.1 Å². The molecular weight excluding hydrogens is 140 g/mol. The Bertz CT molecular complexity index is 212. The molecule has 0 radical (unpaired) electrons. The first-order chi connectivity index (χ1) is 5.29. The van der Waals surface area contributed by atoms with Gasteiger partial charge in [0.15, 0.2) is 0 Å². The second kappa shape index (κ2) is 2.26. The summed E-state index contributed by atoms with van der Waals surface area (Å²) >= 11 is 0. The third-order valence-corrected chi connectivity index (χ3v) is 2.45. The molecule has 60 valence electrons. The van der Waals surface area contributed by atoms with Crippen molar-refractivity contribution in [2.24, 2.45) is 0 Å². The summed E-state index contributed by atoms with van der Waals surface area (Å²) in [7, 11) is 0. The second-order valence-electron chi connectivity index (χ2n) is 3.15. The van der Waals surface area contributed by atoms with Crippen LogP contribution in [0.5, 0.6) is 0 Å². The number of hydrogen-bond donors (Lipinski definition) is 1. The van der Waals surface area contributed by atoms with E-state index in [0.29, 0.717) is 11.7 Å². The Kier molecular flexibility index (Phi) is 1.37. The summed E-state index contributed by atoms with van der Waals surface area (Å²) in [5, 5.41) is 3.02. The number of fused-ring (bicyclic) bond motifs is 1. The van der Waals surface area contributed by atoms with E-state index in [1.807, 2.05) is 4.90 Å². The number of amides is 1. The molecule has 2 aliphatic rings. The van der Waals surface area contributed by atoms with Crippen molar-refractivity contribution in [3.8, 4) is 0 Å². The summed E-state index contributed by atoms with van der Waals surface area (Å²) in [6.45, 7) is 5.47. The predicted molar refractivity (Wildman–Crippen MR) is 41.9 cm³/mol. The van der Waals surface area contributed by atoms with Crippen LogP contribution < -0.4 is 5.32 Å². The van der Waals surface area contributed by atoms with Crippen molar-refractivity contribution in [2.75, 3.05) is 13.1 Å². The second-order valence-corrected chi connectivity index (χ2v) is 3.15. The molecule has 3 nitrogen and oxygen atoms in total. The molecular formula is C8H12N2O. The minimum atomic E-state index is 0.0961. The topological polar surface area (TPSA) is 32.3 Å². The average molecular weight is 152 g/mol. The van der Waals surface area contributed by atoms with E-state index in [1.165, 1.54) is 0 Å². The van der Waals surface area contributed by atoms with E-state index >= 15 is 0 Å². The minimum absolute atomic E-state index is 0.0961. The van der Waals surface area contributed by atoms with Crippen LogP contribution in [0.15, 0.2) is 12.3 Å². The lowest BCUT2D eigenvalue weighted by Crippen LogP contribution is -2.49. The van der Waals surface area contributed by atoms with Crippen molar-refractivity contribution in [1.29, 1.82) is 0 Å². The van der Waals surface area contributed by atoms with Crippen molar-refractivity contribution >= 4 is 5.91 Å². The highest BCUT2D eigenvalue weighted by Crippen LogP contribution is 2.21. The molecule has 2 rings (SSSR count). The highest BCUT2D eigenvalue weighted by molar-refractivity contribution is 5.93. The number of nitrogens with zero attached hydrogens (tertiary/aromatic N) is 1. The summed E-state index contributed by atoms with van der Waals surface area (Å²) in [6, 6.07) is 0.438. The van der Waals surface area contributed by atoms with Gasteiger partial charge in [0.25, 0.3) is 5.91 Å². The molecule has 2 fully saturated rings. The van der Waals surface area contributed by atoms with Crippen LogP contribution in [0.3, 0.4) is 0 Å². The van der Waals surface area contributed by atoms with Crippen molar-refractivity contribution in [3.63, 3.8) is 0 Å². The van der Waals surface area contributed by atoms with Crippen LogP contribution in [0.2, 0.25) is 0 Å². The van der Waals surface area contributed by atoms with Crippen molar-refractivity contribution in [3.05, 3.63) is 12.3 Å². The van der Waals surface area contributed by atoms with E-state index in [2.05, 4.69) is 11.9 Å². The molecule has 11 heavy (non-hydrogen) atoms. The first-order valence-electron chi connectivity index (χ1n) is 4.03. The molecule has 1 atom stereocenters. The predicted octanol–water partition coefficient (Wildman–Crippen LogP) is 0.0943. The fourth-order valence-electron chi connectivity index (χ4n) is 1.81. The van der Waals surface area contributed by atoms with Crippen LogP contribution in [0, 0.1) is 0 Å². The molecule has 0 aromatic heterocycles. The van der Waals surface area contributed by atoms with Gasteiger partial charge in [-0.15, -0.1) is 0 Å². The van der Waals surface area contributed by atoms with Gasteiger partial charge in [-0.05, 0) is 12.8 Å². The molecule has 0 unspecified atom stereocenters. The first-order valence-corrected chi connectivity index (χ1v) is 4.03. The fourth-order valence-corrected chi connectivity index (χ4v) is 1.81. The summed E-state index contributed by atoms with van der Waals surface area (Å²) < 4.78 is 0. The van der Waals surface area contributed by atoms with Crippen molar-refractivity contribution in [1.82, 2.24) is 10.2 Å². The maximum Gasteiger partial charge on any atom is 0.269 e. The molecule has 2 heterocycles. The lowest BCUT2D eigenvalue weighted by atomic mass is 10.2. The molecule has 2 aliphatic heterocycles. The van der Waals surface area contributed by atoms with Gasteiger partial charge in [-0.3, -0.25) is 4.79 Å². The van der Waals surface area contributed by atoms with Crippen LogP contribution in [0.25, 0.3) is 0 Å². The van der Waals surface area contributed by atoms with Gasteiger partial charge in [0.05, 0.1) is 5.70 Å². The van der Waals surface area contributed by atoms with Gasteiger partial charge in [0.2, 0.25) is 0 Å². The Morgan fingerprint density at radius 2 is 2.45 bits per heavy atom. The molecule has 3 heteroatoms. The Morgan fingerprint density at radius 1 is 1.64 bits per heavy atom. The van der Waals surface area contributed by atoms with Gasteiger partial charge in [-0.2, -0.15) is 0 Å². The largest absolute Gasteiger partial charge is 0.379 e. The monoisotopic (exact) mass is 152 g/mol. The Balaban J connectivity index is 2.18. The molecule has 0 spiro atoms. The van der Waals surface area contributed by atoms with Gasteiger partial charge >= 0.3 is 0 Å². The van der Waals surface area contributed by atoms with Gasteiger partial charge in [-0.1, -0.05) is 6.58 Å². The number of rotatable bonds is 0. The first kappa shape index (κ1) is 6.70. The van der Waals surface area contributed by atoms with Crippen molar-refractivity contribution in [2.45, 2.75) is 18.9 Å². The zero-order valence-electron chi connectivity index (χ0n) is 6.47. The molecule has 1 amide bonds. The third kappa shape index (κ3) is 0.914. The normalized spacial score (nSPS) is 30.2. The molecule has 0 saturated carbocycles.